The Morgan fingerprint density at radius 1 is 1.00 bits per heavy atom. The third-order valence-corrected chi connectivity index (χ3v) is 6.63. The molecule has 10 heteroatoms. The van der Waals surface area contributed by atoms with Crippen molar-refractivity contribution in [3.63, 3.8) is 0 Å². The Balaban J connectivity index is 1.72. The molecule has 2 fully saturated rings. The highest BCUT2D eigenvalue weighted by atomic mass is 32.2. The SMILES string of the molecule is CN(C)c1nc(N2CCCN(S(=O)(=O)N3CCCC3)CC2)ncc1F. The number of aromatic nitrogens is 2. The Bertz CT molecular complexity index is 708. The molecule has 0 amide bonds. The molecule has 1 aromatic rings. The van der Waals surface area contributed by atoms with E-state index in [1.54, 1.807) is 27.6 Å². The normalized spacial score (nSPS) is 20.7. The second-order valence-electron chi connectivity index (χ2n) is 6.59. The van der Waals surface area contributed by atoms with Crippen molar-refractivity contribution in [2.24, 2.45) is 0 Å². The summed E-state index contributed by atoms with van der Waals surface area (Å²) in [5.74, 6) is 0.197. The fourth-order valence-corrected chi connectivity index (χ4v) is 4.94. The molecule has 3 rings (SSSR count). The van der Waals surface area contributed by atoms with E-state index in [2.05, 4.69) is 9.97 Å². The van der Waals surface area contributed by atoms with E-state index < -0.39 is 16.0 Å². The maximum Gasteiger partial charge on any atom is 0.282 e. The maximum absolute atomic E-state index is 13.8. The summed E-state index contributed by atoms with van der Waals surface area (Å²) in [4.78, 5) is 11.9. The van der Waals surface area contributed by atoms with Gasteiger partial charge in [0.1, 0.15) is 0 Å². The van der Waals surface area contributed by atoms with E-state index in [4.69, 9.17) is 0 Å². The minimum Gasteiger partial charge on any atom is -0.360 e. The monoisotopic (exact) mass is 372 g/mol. The van der Waals surface area contributed by atoms with Gasteiger partial charge in [0.2, 0.25) is 5.95 Å². The topological polar surface area (TPSA) is 72.9 Å². The van der Waals surface area contributed by atoms with Crippen molar-refractivity contribution >= 4 is 22.0 Å². The standard InChI is InChI=1S/C15H25FN6O2S/c1-19(2)14-13(16)12-17-15(18-14)20-6-5-9-22(11-10-20)25(23,24)21-7-3-4-8-21/h12H,3-11H2,1-2H3. The fourth-order valence-electron chi connectivity index (χ4n) is 3.22. The Morgan fingerprint density at radius 3 is 2.32 bits per heavy atom. The zero-order valence-electron chi connectivity index (χ0n) is 14.7. The predicted octanol–water partition coefficient (Wildman–Crippen LogP) is 0.534. The lowest BCUT2D eigenvalue weighted by Gasteiger charge is -2.26. The average Bonchev–Trinajstić information content (AvgIpc) is 3.00. The molecule has 0 aromatic carbocycles. The van der Waals surface area contributed by atoms with Gasteiger partial charge in [-0.1, -0.05) is 0 Å². The molecule has 2 saturated heterocycles. The van der Waals surface area contributed by atoms with Crippen LogP contribution in [0.25, 0.3) is 0 Å². The average molecular weight is 372 g/mol. The molecule has 0 atom stereocenters. The summed E-state index contributed by atoms with van der Waals surface area (Å²) in [5.41, 5.74) is 0. The van der Waals surface area contributed by atoms with E-state index in [9.17, 15) is 12.8 Å². The number of anilines is 2. The van der Waals surface area contributed by atoms with Gasteiger partial charge in [-0.2, -0.15) is 22.0 Å². The van der Waals surface area contributed by atoms with E-state index in [-0.39, 0.29) is 5.82 Å². The second kappa shape index (κ2) is 7.38. The molecule has 0 bridgehead atoms. The first kappa shape index (κ1) is 18.3. The van der Waals surface area contributed by atoms with E-state index in [1.165, 1.54) is 6.20 Å². The van der Waals surface area contributed by atoms with E-state index in [1.807, 2.05) is 4.90 Å². The molecule has 0 radical (unpaired) electrons. The molecule has 140 valence electrons. The number of hydrogen-bond acceptors (Lipinski definition) is 6. The van der Waals surface area contributed by atoms with E-state index in [0.717, 1.165) is 12.8 Å². The van der Waals surface area contributed by atoms with Gasteiger partial charge in [0.05, 0.1) is 6.20 Å². The summed E-state index contributed by atoms with van der Waals surface area (Å²) >= 11 is 0. The minimum absolute atomic E-state index is 0.232. The second-order valence-corrected chi connectivity index (χ2v) is 8.52. The van der Waals surface area contributed by atoms with Crippen molar-refractivity contribution in [2.45, 2.75) is 19.3 Å². The molecule has 2 aliphatic rings. The van der Waals surface area contributed by atoms with Crippen LogP contribution >= 0.6 is 0 Å². The molecule has 3 heterocycles. The first-order valence-corrected chi connectivity index (χ1v) is 9.99. The molecule has 1 aromatic heterocycles. The first-order valence-electron chi connectivity index (χ1n) is 8.59. The number of rotatable bonds is 4. The molecule has 0 N–H and O–H groups in total. The van der Waals surface area contributed by atoms with Crippen LogP contribution in [0.2, 0.25) is 0 Å². The summed E-state index contributed by atoms with van der Waals surface area (Å²) in [6.07, 6.45) is 3.71. The Morgan fingerprint density at radius 2 is 1.64 bits per heavy atom. The van der Waals surface area contributed by atoms with Crippen LogP contribution in [-0.2, 0) is 10.2 Å². The lowest BCUT2D eigenvalue weighted by Crippen LogP contribution is -2.44. The van der Waals surface area contributed by atoms with Gasteiger partial charge < -0.3 is 9.80 Å². The Labute approximate surface area is 148 Å². The highest BCUT2D eigenvalue weighted by Crippen LogP contribution is 2.21. The van der Waals surface area contributed by atoms with Crippen molar-refractivity contribution in [3.8, 4) is 0 Å². The number of hydrogen-bond donors (Lipinski definition) is 0. The molecule has 0 saturated carbocycles. The van der Waals surface area contributed by atoms with Crippen LogP contribution in [0.15, 0.2) is 6.20 Å². The number of nitrogens with zero attached hydrogens (tertiary/aromatic N) is 6. The van der Waals surface area contributed by atoms with Crippen molar-refractivity contribution in [1.82, 2.24) is 18.6 Å². The minimum atomic E-state index is -3.39. The van der Waals surface area contributed by atoms with Crippen LogP contribution in [0.3, 0.4) is 0 Å². The predicted molar refractivity (Wildman–Crippen MR) is 94.4 cm³/mol. The lowest BCUT2D eigenvalue weighted by atomic mass is 10.4. The summed E-state index contributed by atoms with van der Waals surface area (Å²) in [5, 5.41) is 0. The van der Waals surface area contributed by atoms with Gasteiger partial charge in [0.25, 0.3) is 10.2 Å². The summed E-state index contributed by atoms with van der Waals surface area (Å²) < 4.78 is 42.3. The molecular weight excluding hydrogens is 347 g/mol. The quantitative estimate of drug-likeness (QED) is 0.768. The molecule has 2 aliphatic heterocycles. The summed E-state index contributed by atoms with van der Waals surface area (Å²) in [6, 6.07) is 0. The van der Waals surface area contributed by atoms with Gasteiger partial charge in [-0.15, -0.1) is 0 Å². The zero-order valence-corrected chi connectivity index (χ0v) is 15.5. The molecule has 25 heavy (non-hydrogen) atoms. The van der Waals surface area contributed by atoms with Crippen molar-refractivity contribution < 1.29 is 12.8 Å². The molecule has 0 aliphatic carbocycles. The van der Waals surface area contributed by atoms with Crippen LogP contribution in [0.4, 0.5) is 16.2 Å². The van der Waals surface area contributed by atoms with Crippen molar-refractivity contribution in [3.05, 3.63) is 12.0 Å². The van der Waals surface area contributed by atoms with Crippen molar-refractivity contribution in [1.29, 1.82) is 0 Å². The van der Waals surface area contributed by atoms with Crippen LogP contribution in [0.5, 0.6) is 0 Å². The molecule has 0 spiro atoms. The fraction of sp³-hybridized carbons (Fsp3) is 0.733. The highest BCUT2D eigenvalue weighted by Gasteiger charge is 2.33. The molecule has 8 nitrogen and oxygen atoms in total. The Kier molecular flexibility index (Phi) is 5.40. The highest BCUT2D eigenvalue weighted by molar-refractivity contribution is 7.86. The van der Waals surface area contributed by atoms with Crippen molar-refractivity contribution in [2.75, 3.05) is 63.2 Å². The third kappa shape index (κ3) is 3.85. The summed E-state index contributed by atoms with van der Waals surface area (Å²) in [7, 11) is 0.0603. The van der Waals surface area contributed by atoms with Gasteiger partial charge in [-0.05, 0) is 19.3 Å². The van der Waals surface area contributed by atoms with E-state index in [0.29, 0.717) is 51.6 Å². The van der Waals surface area contributed by atoms with Gasteiger partial charge in [0, 0.05) is 53.4 Å². The first-order chi connectivity index (χ1) is 11.9. The Hall–Kier alpha value is -1.52. The summed E-state index contributed by atoms with van der Waals surface area (Å²) in [6.45, 7) is 3.22. The van der Waals surface area contributed by atoms with Gasteiger partial charge in [0.15, 0.2) is 11.6 Å². The zero-order chi connectivity index (χ0) is 18.0. The third-order valence-electron chi connectivity index (χ3n) is 4.59. The number of halogens is 1. The van der Waals surface area contributed by atoms with Gasteiger partial charge in [-0.25, -0.2) is 9.37 Å². The van der Waals surface area contributed by atoms with Crippen LogP contribution in [0, 0.1) is 5.82 Å². The van der Waals surface area contributed by atoms with E-state index >= 15 is 0 Å². The smallest absolute Gasteiger partial charge is 0.282 e. The largest absolute Gasteiger partial charge is 0.360 e. The van der Waals surface area contributed by atoms with Crippen LogP contribution < -0.4 is 9.80 Å². The lowest BCUT2D eigenvalue weighted by molar-refractivity contribution is 0.373. The van der Waals surface area contributed by atoms with Crippen LogP contribution in [0.1, 0.15) is 19.3 Å². The van der Waals surface area contributed by atoms with Crippen LogP contribution in [-0.4, -0.2) is 80.4 Å². The maximum atomic E-state index is 13.8. The van der Waals surface area contributed by atoms with Gasteiger partial charge >= 0.3 is 0 Å². The van der Waals surface area contributed by atoms with Gasteiger partial charge in [-0.3, -0.25) is 0 Å². The molecular formula is C15H25FN6O2S. The molecule has 0 unspecified atom stereocenters.